The van der Waals surface area contributed by atoms with Gasteiger partial charge in [0.25, 0.3) is 0 Å². The van der Waals surface area contributed by atoms with Gasteiger partial charge >= 0.3 is 0 Å². The maximum Gasteiger partial charge on any atom is 0.143 e. The Balaban J connectivity index is 0.936. The molecule has 0 aliphatic rings. The van der Waals surface area contributed by atoms with Gasteiger partial charge in [0, 0.05) is 49.6 Å². The van der Waals surface area contributed by atoms with Gasteiger partial charge in [0.05, 0.1) is 16.7 Å². The summed E-state index contributed by atoms with van der Waals surface area (Å²) in [5.41, 5.74) is 15.5. The molecule has 0 bridgehead atoms. The van der Waals surface area contributed by atoms with E-state index in [0.29, 0.717) is 0 Å². The number of para-hydroxylation sites is 3. The summed E-state index contributed by atoms with van der Waals surface area (Å²) in [5.74, 6) is 0. The SMILES string of the molecule is c1cc(-c2ccc(N(c3ccc(-n4c5ccccc5c5ccccc54)cc3)c3ccccc3-c3ccc4oc5c6ccccc6ccc5c4c3)cc2)cc(-c2ccc3ccccc3c2)c1. The molecule has 0 fully saturated rings. The van der Waals surface area contributed by atoms with Crippen LogP contribution in [-0.2, 0) is 0 Å². The zero-order valence-corrected chi connectivity index (χ0v) is 35.4. The first-order chi connectivity index (χ1) is 32.2. The molecule has 0 aliphatic carbocycles. The summed E-state index contributed by atoms with van der Waals surface area (Å²) < 4.78 is 8.93. The third-order valence-corrected chi connectivity index (χ3v) is 13.2. The molecule has 0 amide bonds. The Hall–Kier alpha value is -8.66. The van der Waals surface area contributed by atoms with Crippen LogP contribution >= 0.6 is 0 Å². The highest BCUT2D eigenvalue weighted by Gasteiger charge is 2.20. The van der Waals surface area contributed by atoms with Crippen LogP contribution in [0.25, 0.3) is 104 Å². The van der Waals surface area contributed by atoms with E-state index >= 15 is 0 Å². The minimum atomic E-state index is 0.885. The quantitative estimate of drug-likeness (QED) is 0.160. The van der Waals surface area contributed by atoms with E-state index in [1.165, 1.54) is 54.7 Å². The predicted molar refractivity (Wildman–Crippen MR) is 274 cm³/mol. The molecule has 0 radical (unpaired) electrons. The molecular formula is C62H40N2O. The van der Waals surface area contributed by atoms with E-state index in [0.717, 1.165) is 66.8 Å². The molecule has 0 N–H and O–H groups in total. The topological polar surface area (TPSA) is 21.3 Å². The van der Waals surface area contributed by atoms with Gasteiger partial charge in [-0.1, -0.05) is 158 Å². The first-order valence-electron chi connectivity index (χ1n) is 22.2. The average Bonchev–Trinajstić information content (AvgIpc) is 3.93. The predicted octanol–water partition coefficient (Wildman–Crippen LogP) is 17.5. The highest BCUT2D eigenvalue weighted by molar-refractivity contribution is 6.16. The van der Waals surface area contributed by atoms with E-state index < -0.39 is 0 Å². The van der Waals surface area contributed by atoms with Crippen LogP contribution in [0.1, 0.15) is 0 Å². The largest absolute Gasteiger partial charge is 0.455 e. The van der Waals surface area contributed by atoms with Crippen LogP contribution in [0.2, 0.25) is 0 Å². The van der Waals surface area contributed by atoms with Gasteiger partial charge in [-0.3, -0.25) is 0 Å². The average molecular weight is 829 g/mol. The lowest BCUT2D eigenvalue weighted by molar-refractivity contribution is 0.672. The van der Waals surface area contributed by atoms with Crippen LogP contribution in [0.4, 0.5) is 17.1 Å². The third-order valence-electron chi connectivity index (χ3n) is 13.2. The van der Waals surface area contributed by atoms with Crippen LogP contribution in [0.5, 0.6) is 0 Å². The van der Waals surface area contributed by atoms with Crippen LogP contribution in [0.3, 0.4) is 0 Å². The molecule has 0 unspecified atom stereocenters. The number of hydrogen-bond donors (Lipinski definition) is 0. The van der Waals surface area contributed by atoms with Crippen molar-refractivity contribution in [3.05, 3.63) is 243 Å². The van der Waals surface area contributed by atoms with Gasteiger partial charge in [0.2, 0.25) is 0 Å². The molecule has 3 nitrogen and oxygen atoms in total. The van der Waals surface area contributed by atoms with Crippen LogP contribution in [0.15, 0.2) is 247 Å². The van der Waals surface area contributed by atoms with E-state index in [-0.39, 0.29) is 0 Å². The lowest BCUT2D eigenvalue weighted by Crippen LogP contribution is -2.11. The van der Waals surface area contributed by atoms with E-state index in [9.17, 15) is 0 Å². The van der Waals surface area contributed by atoms with Crippen molar-refractivity contribution in [3.8, 4) is 39.1 Å². The molecule has 13 rings (SSSR count). The van der Waals surface area contributed by atoms with Gasteiger partial charge in [-0.15, -0.1) is 0 Å². The number of nitrogens with zero attached hydrogens (tertiary/aromatic N) is 2. The molecule has 0 spiro atoms. The summed E-state index contributed by atoms with van der Waals surface area (Å²) in [6.45, 7) is 0. The second-order valence-corrected chi connectivity index (χ2v) is 16.9. The summed E-state index contributed by atoms with van der Waals surface area (Å²) in [6.07, 6.45) is 0. The Morgan fingerprint density at radius 2 is 0.892 bits per heavy atom. The molecule has 0 aliphatic heterocycles. The van der Waals surface area contributed by atoms with E-state index in [1.54, 1.807) is 0 Å². The van der Waals surface area contributed by atoms with Gasteiger partial charge in [-0.2, -0.15) is 0 Å². The number of benzene rings is 11. The van der Waals surface area contributed by atoms with Gasteiger partial charge in [-0.05, 0) is 129 Å². The molecule has 0 atom stereocenters. The second kappa shape index (κ2) is 15.0. The van der Waals surface area contributed by atoms with E-state index in [4.69, 9.17) is 4.42 Å². The highest BCUT2D eigenvalue weighted by Crippen LogP contribution is 2.44. The Morgan fingerprint density at radius 3 is 1.66 bits per heavy atom. The molecule has 0 saturated heterocycles. The van der Waals surface area contributed by atoms with Crippen LogP contribution < -0.4 is 4.90 Å². The molecule has 3 heteroatoms. The Labute approximate surface area is 376 Å². The minimum absolute atomic E-state index is 0.885. The highest BCUT2D eigenvalue weighted by atomic mass is 16.3. The van der Waals surface area contributed by atoms with Gasteiger partial charge in [0.1, 0.15) is 11.2 Å². The molecular weight excluding hydrogens is 789 g/mol. The van der Waals surface area contributed by atoms with Crippen molar-refractivity contribution in [2.45, 2.75) is 0 Å². The summed E-state index contributed by atoms with van der Waals surface area (Å²) >= 11 is 0. The third kappa shape index (κ3) is 6.20. The molecule has 304 valence electrons. The maximum atomic E-state index is 6.55. The first kappa shape index (κ1) is 36.9. The van der Waals surface area contributed by atoms with Crippen molar-refractivity contribution < 1.29 is 4.42 Å². The molecule has 13 aromatic rings. The zero-order valence-electron chi connectivity index (χ0n) is 35.4. The Morgan fingerprint density at radius 1 is 0.323 bits per heavy atom. The smallest absolute Gasteiger partial charge is 0.143 e. The van der Waals surface area contributed by atoms with Crippen molar-refractivity contribution in [3.63, 3.8) is 0 Å². The summed E-state index contributed by atoms with van der Waals surface area (Å²) in [4.78, 5) is 2.39. The van der Waals surface area contributed by atoms with Crippen molar-refractivity contribution in [1.82, 2.24) is 4.57 Å². The number of hydrogen-bond acceptors (Lipinski definition) is 2. The first-order valence-corrected chi connectivity index (χ1v) is 22.2. The zero-order chi connectivity index (χ0) is 42.8. The van der Waals surface area contributed by atoms with Crippen molar-refractivity contribution in [2.24, 2.45) is 0 Å². The second-order valence-electron chi connectivity index (χ2n) is 16.9. The molecule has 2 heterocycles. The molecule has 2 aromatic heterocycles. The number of anilines is 3. The molecule has 11 aromatic carbocycles. The Kier molecular flexibility index (Phi) is 8.53. The maximum absolute atomic E-state index is 6.55. The fraction of sp³-hybridized carbons (Fsp3) is 0. The van der Waals surface area contributed by atoms with E-state index in [2.05, 4.69) is 252 Å². The monoisotopic (exact) mass is 828 g/mol. The fourth-order valence-corrected chi connectivity index (χ4v) is 10.0. The number of furan rings is 1. The van der Waals surface area contributed by atoms with Gasteiger partial charge in [-0.25, -0.2) is 0 Å². The fourth-order valence-electron chi connectivity index (χ4n) is 10.0. The van der Waals surface area contributed by atoms with Crippen molar-refractivity contribution in [2.75, 3.05) is 4.90 Å². The van der Waals surface area contributed by atoms with E-state index in [1.807, 2.05) is 0 Å². The summed E-state index contributed by atoms with van der Waals surface area (Å²) in [6, 6.07) is 87.8. The number of aromatic nitrogens is 1. The summed E-state index contributed by atoms with van der Waals surface area (Å²) in [5, 5.41) is 9.53. The lowest BCUT2D eigenvalue weighted by Gasteiger charge is -2.28. The number of rotatable bonds is 7. The normalized spacial score (nSPS) is 11.7. The van der Waals surface area contributed by atoms with Crippen LogP contribution in [0, 0.1) is 0 Å². The van der Waals surface area contributed by atoms with Crippen molar-refractivity contribution >= 4 is 82.4 Å². The van der Waals surface area contributed by atoms with Gasteiger partial charge in [0.15, 0.2) is 0 Å². The molecule has 0 saturated carbocycles. The van der Waals surface area contributed by atoms with Crippen molar-refractivity contribution in [1.29, 1.82) is 0 Å². The lowest BCUT2D eigenvalue weighted by atomic mass is 9.97. The minimum Gasteiger partial charge on any atom is -0.455 e. The summed E-state index contributed by atoms with van der Waals surface area (Å²) in [7, 11) is 0. The Bertz CT molecular complexity index is 3900. The molecule has 65 heavy (non-hydrogen) atoms. The standard InChI is InChI=1S/C62H40N2O/c1-2-14-44-39-47(25-24-41(44)12-1)46-16-11-15-45(38-46)42-26-30-49(31-27-42)63(50-32-34-51(35-33-50)64-59-22-9-6-19-54(59)55-20-7-10-23-60(55)64)58-21-8-5-17-52(58)48-29-37-61-57(40-48)56-36-28-43-13-3-4-18-53(43)62(56)65-61/h1-40H. The number of fused-ring (bicyclic) bond motifs is 9. The van der Waals surface area contributed by atoms with Gasteiger partial charge < -0.3 is 13.9 Å². The van der Waals surface area contributed by atoms with Crippen LogP contribution in [-0.4, -0.2) is 4.57 Å².